The van der Waals surface area contributed by atoms with E-state index < -0.39 is 0 Å². The van der Waals surface area contributed by atoms with Crippen molar-refractivity contribution < 1.29 is 0 Å². The van der Waals surface area contributed by atoms with Crippen LogP contribution in [0.3, 0.4) is 0 Å². The Balaban J connectivity index is 2.83. The molecule has 0 spiro atoms. The van der Waals surface area contributed by atoms with Gasteiger partial charge in [-0.25, -0.2) is 0 Å². The van der Waals surface area contributed by atoms with Gasteiger partial charge in [-0.3, -0.25) is 9.98 Å². The van der Waals surface area contributed by atoms with Crippen LogP contribution >= 0.6 is 0 Å². The van der Waals surface area contributed by atoms with E-state index in [2.05, 4.69) is 118 Å². The highest BCUT2D eigenvalue weighted by atomic mass is 14.6. The topological polar surface area (TPSA) is 25.2 Å². The van der Waals surface area contributed by atoms with Crippen molar-refractivity contribution in [1.29, 1.82) is 0 Å². The predicted molar refractivity (Wildman–Crippen MR) is 178 cm³/mol. The highest BCUT2D eigenvalue weighted by molar-refractivity contribution is 5.77. The molecular weight excluding hydrogens is 484 g/mol. The number of allylic oxidation sites excluding steroid dienone is 22. The number of aliphatic imine (C=N–C) groups is 1. The lowest BCUT2D eigenvalue weighted by atomic mass is 9.85. The van der Waals surface area contributed by atoms with E-state index in [0.29, 0.717) is 0 Å². The molecule has 0 fully saturated rings. The zero-order valence-corrected chi connectivity index (χ0v) is 24.5. The fourth-order valence-corrected chi connectivity index (χ4v) is 4.57. The molecule has 1 aromatic heterocycles. The summed E-state index contributed by atoms with van der Waals surface area (Å²) in [5.41, 5.74) is 10.9. The van der Waals surface area contributed by atoms with Gasteiger partial charge in [0.05, 0.1) is 0 Å². The second-order valence-electron chi connectivity index (χ2n) is 9.13. The monoisotopic (exact) mass is 526 g/mol. The third-order valence-corrected chi connectivity index (χ3v) is 6.62. The Hall–Kier alpha value is -4.56. The first-order valence-electron chi connectivity index (χ1n) is 13.6. The lowest BCUT2D eigenvalue weighted by molar-refractivity contribution is 1.14. The molecule has 0 aromatic carbocycles. The summed E-state index contributed by atoms with van der Waals surface area (Å²) in [5.74, 6) is 0. The van der Waals surface area contributed by atoms with Gasteiger partial charge in [-0.2, -0.15) is 0 Å². The molecule has 2 rings (SSSR count). The standard InChI is InChI=1S/C38H42N2/c1-9-18-38-35(13-5)36(29(6)28-33(12-4)34-22-25-40-26-23-34)19-16-14-15-17-20-37(38)30(7)27-32(11-3)31(10-2)21-24-39-8/h9-18,21-28H,4-6,8,19-20H2,1-3,7H3/b16-14-,17-15-,18-9-,24-21-,30-27+,31-10+,32-11+,33-28+,36-35+,38-37+. The van der Waals surface area contributed by atoms with Gasteiger partial charge in [0.25, 0.3) is 0 Å². The lowest BCUT2D eigenvalue weighted by Crippen LogP contribution is -2.01. The summed E-state index contributed by atoms with van der Waals surface area (Å²) < 4.78 is 0. The number of rotatable bonds is 11. The Labute approximate surface area is 242 Å². The van der Waals surface area contributed by atoms with Crippen LogP contribution in [0.2, 0.25) is 0 Å². The summed E-state index contributed by atoms with van der Waals surface area (Å²) in [6, 6.07) is 3.97. The van der Waals surface area contributed by atoms with E-state index in [9.17, 15) is 0 Å². The van der Waals surface area contributed by atoms with Gasteiger partial charge in [0.1, 0.15) is 0 Å². The Bertz CT molecular complexity index is 1400. The van der Waals surface area contributed by atoms with Gasteiger partial charge in [0, 0.05) is 18.6 Å². The molecule has 1 heterocycles. The van der Waals surface area contributed by atoms with Crippen molar-refractivity contribution in [3.05, 3.63) is 180 Å². The number of pyridine rings is 1. The van der Waals surface area contributed by atoms with Gasteiger partial charge in [0.15, 0.2) is 0 Å². The second kappa shape index (κ2) is 17.1. The minimum absolute atomic E-state index is 0.723. The zero-order valence-electron chi connectivity index (χ0n) is 24.5. The number of aromatic nitrogens is 1. The van der Waals surface area contributed by atoms with Crippen molar-refractivity contribution in [3.8, 4) is 0 Å². The van der Waals surface area contributed by atoms with Crippen LogP contribution in [-0.4, -0.2) is 11.7 Å². The van der Waals surface area contributed by atoms with Gasteiger partial charge in [-0.05, 0) is 127 Å². The number of nitrogens with zero attached hydrogens (tertiary/aromatic N) is 2. The first-order chi connectivity index (χ1) is 19.4. The van der Waals surface area contributed by atoms with Crippen molar-refractivity contribution in [2.75, 3.05) is 0 Å². The Morgan fingerprint density at radius 1 is 0.900 bits per heavy atom. The first kappa shape index (κ1) is 31.7. The van der Waals surface area contributed by atoms with E-state index in [0.717, 1.165) is 57.4 Å². The Kier molecular flexibility index (Phi) is 13.5. The van der Waals surface area contributed by atoms with Crippen molar-refractivity contribution in [2.45, 2.75) is 40.5 Å². The maximum Gasteiger partial charge on any atom is 0.0273 e. The fourth-order valence-electron chi connectivity index (χ4n) is 4.57. The molecule has 0 amide bonds. The van der Waals surface area contributed by atoms with Gasteiger partial charge >= 0.3 is 0 Å². The van der Waals surface area contributed by atoms with Crippen molar-refractivity contribution in [3.63, 3.8) is 0 Å². The molecule has 204 valence electrons. The number of hydrogen-bond acceptors (Lipinski definition) is 2. The molecule has 0 radical (unpaired) electrons. The molecule has 0 bridgehead atoms. The predicted octanol–water partition coefficient (Wildman–Crippen LogP) is 10.5. The van der Waals surface area contributed by atoms with Crippen LogP contribution in [0.4, 0.5) is 0 Å². The average molecular weight is 527 g/mol. The highest BCUT2D eigenvalue weighted by Crippen LogP contribution is 2.34. The van der Waals surface area contributed by atoms with Crippen LogP contribution in [0.25, 0.3) is 5.57 Å². The summed E-state index contributed by atoms with van der Waals surface area (Å²) in [6.45, 7) is 24.7. The van der Waals surface area contributed by atoms with Crippen LogP contribution in [-0.2, 0) is 0 Å². The van der Waals surface area contributed by atoms with Crippen LogP contribution in [0.15, 0.2) is 179 Å². The third kappa shape index (κ3) is 8.74. The minimum Gasteiger partial charge on any atom is -0.272 e. The smallest absolute Gasteiger partial charge is 0.0273 e. The lowest BCUT2D eigenvalue weighted by Gasteiger charge is -2.20. The quantitative estimate of drug-likeness (QED) is 0.208. The highest BCUT2D eigenvalue weighted by Gasteiger charge is 2.15. The molecule has 0 N–H and O–H groups in total. The van der Waals surface area contributed by atoms with Crippen molar-refractivity contribution in [2.24, 2.45) is 4.99 Å². The molecule has 40 heavy (non-hydrogen) atoms. The summed E-state index contributed by atoms with van der Waals surface area (Å²) >= 11 is 0. The van der Waals surface area contributed by atoms with Gasteiger partial charge in [-0.1, -0.05) is 86.6 Å². The molecule has 0 atom stereocenters. The second-order valence-corrected chi connectivity index (χ2v) is 9.13. The van der Waals surface area contributed by atoms with Gasteiger partial charge < -0.3 is 0 Å². The summed E-state index contributed by atoms with van der Waals surface area (Å²) in [4.78, 5) is 8.04. The van der Waals surface area contributed by atoms with Crippen LogP contribution in [0.5, 0.6) is 0 Å². The molecule has 2 heteroatoms. The molecule has 2 nitrogen and oxygen atoms in total. The molecule has 0 saturated heterocycles. The fraction of sp³-hybridized carbons (Fsp3) is 0.158. The molecule has 0 saturated carbocycles. The van der Waals surface area contributed by atoms with Crippen LogP contribution < -0.4 is 0 Å². The van der Waals surface area contributed by atoms with E-state index in [1.54, 1.807) is 18.6 Å². The average Bonchev–Trinajstić information content (AvgIpc) is 2.98. The van der Waals surface area contributed by atoms with Crippen LogP contribution in [0.1, 0.15) is 46.1 Å². The SMILES string of the molecule is C=C/C(=C\C(=C)/C1=C(C=C)/C(/C=C\C)=C(/C(C)=C/C(=C\C)C(/C=C\N=C)=C/C)C/C=C\C=C/C1)c1ccncc1. The normalized spacial score (nSPS) is 21.4. The Morgan fingerprint density at radius 3 is 2.10 bits per heavy atom. The van der Waals surface area contributed by atoms with E-state index >= 15 is 0 Å². The summed E-state index contributed by atoms with van der Waals surface area (Å²) in [6.07, 6.45) is 34.0. The molecule has 1 aliphatic carbocycles. The molecule has 1 aromatic rings. The largest absolute Gasteiger partial charge is 0.272 e. The summed E-state index contributed by atoms with van der Waals surface area (Å²) in [5, 5.41) is 0. The molecular formula is C38H42N2. The van der Waals surface area contributed by atoms with E-state index in [1.807, 2.05) is 37.3 Å². The van der Waals surface area contributed by atoms with E-state index in [4.69, 9.17) is 0 Å². The molecule has 0 aliphatic heterocycles. The van der Waals surface area contributed by atoms with Gasteiger partial charge in [-0.15, -0.1) is 0 Å². The van der Waals surface area contributed by atoms with Crippen molar-refractivity contribution >= 4 is 12.3 Å². The van der Waals surface area contributed by atoms with Crippen molar-refractivity contribution in [1.82, 2.24) is 4.98 Å². The molecule has 1 aliphatic rings. The van der Waals surface area contributed by atoms with Crippen LogP contribution in [0, 0.1) is 0 Å². The Morgan fingerprint density at radius 2 is 1.55 bits per heavy atom. The van der Waals surface area contributed by atoms with E-state index in [-0.39, 0.29) is 0 Å². The van der Waals surface area contributed by atoms with E-state index in [1.165, 1.54) is 11.1 Å². The minimum atomic E-state index is 0.723. The van der Waals surface area contributed by atoms with Gasteiger partial charge in [0.2, 0.25) is 0 Å². The summed E-state index contributed by atoms with van der Waals surface area (Å²) in [7, 11) is 0. The zero-order chi connectivity index (χ0) is 29.3. The maximum absolute atomic E-state index is 4.51. The first-order valence-corrected chi connectivity index (χ1v) is 13.6. The maximum atomic E-state index is 4.51. The molecule has 0 unspecified atom stereocenters. The third-order valence-electron chi connectivity index (χ3n) is 6.62. The number of hydrogen-bond donors (Lipinski definition) is 0.